The minimum Gasteiger partial charge on any atom is -0.328 e. The number of halogens is 1. The number of rotatable bonds is 4. The van der Waals surface area contributed by atoms with Crippen LogP contribution in [0.3, 0.4) is 0 Å². The first-order valence-electron chi connectivity index (χ1n) is 6.33. The van der Waals surface area contributed by atoms with Gasteiger partial charge in [-0.25, -0.2) is 4.39 Å². The van der Waals surface area contributed by atoms with E-state index >= 15 is 0 Å². The van der Waals surface area contributed by atoms with Crippen LogP contribution in [0.4, 0.5) is 4.39 Å². The lowest BCUT2D eigenvalue weighted by Gasteiger charge is -2.12. The fourth-order valence-electron chi connectivity index (χ4n) is 1.94. The van der Waals surface area contributed by atoms with Gasteiger partial charge >= 0.3 is 0 Å². The molecule has 2 N–H and O–H groups in total. The van der Waals surface area contributed by atoms with Crippen LogP contribution < -0.4 is 5.73 Å². The van der Waals surface area contributed by atoms with Gasteiger partial charge in [0.2, 0.25) is 0 Å². The van der Waals surface area contributed by atoms with Crippen molar-refractivity contribution in [3.05, 3.63) is 59.4 Å². The van der Waals surface area contributed by atoms with Gasteiger partial charge in [0.1, 0.15) is 5.82 Å². The number of nitrogens with two attached hydrogens (primary N) is 1. The second-order valence-corrected chi connectivity index (χ2v) is 5.96. The predicted octanol–water partition coefficient (Wildman–Crippen LogP) is 4.18. The molecule has 3 heteroatoms. The van der Waals surface area contributed by atoms with Gasteiger partial charge in [0, 0.05) is 15.8 Å². The lowest BCUT2D eigenvalue weighted by atomic mass is 10.1. The van der Waals surface area contributed by atoms with Gasteiger partial charge in [-0.1, -0.05) is 29.5 Å². The fourth-order valence-corrected chi connectivity index (χ4v) is 2.88. The minimum absolute atomic E-state index is 0.134. The smallest absolute Gasteiger partial charge is 0.123 e. The number of aryl methyl sites for hydroxylation is 1. The molecule has 0 aliphatic heterocycles. The van der Waals surface area contributed by atoms with Crippen LogP contribution in [0.5, 0.6) is 0 Å². The molecule has 0 amide bonds. The van der Waals surface area contributed by atoms with Crippen molar-refractivity contribution in [2.24, 2.45) is 5.73 Å². The number of hydrogen-bond acceptors (Lipinski definition) is 2. The molecule has 2 aromatic carbocycles. The van der Waals surface area contributed by atoms with Crippen molar-refractivity contribution in [2.75, 3.05) is 0 Å². The molecule has 19 heavy (non-hydrogen) atoms. The van der Waals surface area contributed by atoms with E-state index in [2.05, 4.69) is 25.1 Å². The first kappa shape index (κ1) is 14.1. The molecule has 0 radical (unpaired) electrons. The standard InChI is InChI=1S/C16H18FNS/c1-11-3-8-16(13(9-11)10-12(2)18)19-15-6-4-14(17)5-7-15/h3-9,12H,10,18H2,1-2H3. The Labute approximate surface area is 118 Å². The Morgan fingerprint density at radius 1 is 1.16 bits per heavy atom. The molecule has 0 aliphatic carbocycles. The quantitative estimate of drug-likeness (QED) is 0.906. The van der Waals surface area contributed by atoms with Crippen molar-refractivity contribution in [3.8, 4) is 0 Å². The van der Waals surface area contributed by atoms with Gasteiger partial charge in [0.05, 0.1) is 0 Å². The third-order valence-corrected chi connectivity index (χ3v) is 3.93. The van der Waals surface area contributed by atoms with Crippen LogP contribution in [0.25, 0.3) is 0 Å². The normalized spacial score (nSPS) is 12.4. The summed E-state index contributed by atoms with van der Waals surface area (Å²) in [6, 6.07) is 13.1. The maximum atomic E-state index is 12.9. The first-order chi connectivity index (χ1) is 9.04. The molecule has 2 rings (SSSR count). The third kappa shape index (κ3) is 4.08. The lowest BCUT2D eigenvalue weighted by Crippen LogP contribution is -2.18. The van der Waals surface area contributed by atoms with E-state index in [1.807, 2.05) is 6.92 Å². The minimum atomic E-state index is -0.205. The highest BCUT2D eigenvalue weighted by molar-refractivity contribution is 7.99. The maximum Gasteiger partial charge on any atom is 0.123 e. The average molecular weight is 275 g/mol. The van der Waals surface area contributed by atoms with Gasteiger partial charge in [0.15, 0.2) is 0 Å². The van der Waals surface area contributed by atoms with Gasteiger partial charge in [-0.15, -0.1) is 0 Å². The van der Waals surface area contributed by atoms with E-state index in [1.54, 1.807) is 23.9 Å². The second-order valence-electron chi connectivity index (χ2n) is 4.85. The molecule has 1 unspecified atom stereocenters. The van der Waals surface area contributed by atoms with E-state index in [0.717, 1.165) is 11.3 Å². The van der Waals surface area contributed by atoms with E-state index in [9.17, 15) is 4.39 Å². The second kappa shape index (κ2) is 6.22. The van der Waals surface area contributed by atoms with Crippen LogP contribution in [0.2, 0.25) is 0 Å². The zero-order valence-corrected chi connectivity index (χ0v) is 12.0. The lowest BCUT2D eigenvalue weighted by molar-refractivity contribution is 0.626. The summed E-state index contributed by atoms with van der Waals surface area (Å²) in [5, 5.41) is 0. The van der Waals surface area contributed by atoms with Gasteiger partial charge in [-0.05, 0) is 56.2 Å². The summed E-state index contributed by atoms with van der Waals surface area (Å²) in [6.07, 6.45) is 0.852. The highest BCUT2D eigenvalue weighted by atomic mass is 32.2. The number of benzene rings is 2. The zero-order chi connectivity index (χ0) is 13.8. The van der Waals surface area contributed by atoms with Crippen LogP contribution in [0, 0.1) is 12.7 Å². The van der Waals surface area contributed by atoms with E-state index in [-0.39, 0.29) is 11.9 Å². The van der Waals surface area contributed by atoms with E-state index in [1.165, 1.54) is 28.2 Å². The van der Waals surface area contributed by atoms with Crippen molar-refractivity contribution in [3.63, 3.8) is 0 Å². The molecule has 0 heterocycles. The van der Waals surface area contributed by atoms with Crippen LogP contribution in [0.15, 0.2) is 52.3 Å². The molecular formula is C16H18FNS. The van der Waals surface area contributed by atoms with Crippen molar-refractivity contribution in [1.29, 1.82) is 0 Å². The molecule has 0 aromatic heterocycles. The molecule has 0 fully saturated rings. The van der Waals surface area contributed by atoms with Crippen LogP contribution >= 0.6 is 11.8 Å². The largest absolute Gasteiger partial charge is 0.328 e. The molecular weight excluding hydrogens is 257 g/mol. The summed E-state index contributed by atoms with van der Waals surface area (Å²) in [4.78, 5) is 2.23. The first-order valence-corrected chi connectivity index (χ1v) is 7.15. The Balaban J connectivity index is 2.26. The topological polar surface area (TPSA) is 26.0 Å². The summed E-state index contributed by atoms with van der Waals surface area (Å²) in [6.45, 7) is 4.09. The Morgan fingerprint density at radius 2 is 1.84 bits per heavy atom. The Morgan fingerprint density at radius 3 is 2.47 bits per heavy atom. The van der Waals surface area contributed by atoms with Gasteiger partial charge in [0.25, 0.3) is 0 Å². The average Bonchev–Trinajstić information content (AvgIpc) is 2.34. The monoisotopic (exact) mass is 275 g/mol. The highest BCUT2D eigenvalue weighted by Crippen LogP contribution is 2.31. The molecule has 0 saturated heterocycles. The summed E-state index contributed by atoms with van der Waals surface area (Å²) < 4.78 is 12.9. The molecule has 2 aromatic rings. The Kier molecular flexibility index (Phi) is 4.61. The zero-order valence-electron chi connectivity index (χ0n) is 11.2. The third-order valence-electron chi connectivity index (χ3n) is 2.80. The predicted molar refractivity (Wildman–Crippen MR) is 79.1 cm³/mol. The van der Waals surface area contributed by atoms with Crippen molar-refractivity contribution >= 4 is 11.8 Å². The Hall–Kier alpha value is -1.32. The molecule has 0 saturated carbocycles. The van der Waals surface area contributed by atoms with Crippen LogP contribution in [0.1, 0.15) is 18.1 Å². The fraction of sp³-hybridized carbons (Fsp3) is 0.250. The summed E-state index contributed by atoms with van der Waals surface area (Å²) in [5.74, 6) is -0.205. The molecule has 0 bridgehead atoms. The van der Waals surface area contributed by atoms with Gasteiger partial charge < -0.3 is 5.73 Å². The summed E-state index contributed by atoms with van der Waals surface area (Å²) >= 11 is 1.65. The van der Waals surface area contributed by atoms with Crippen molar-refractivity contribution in [2.45, 2.75) is 36.1 Å². The van der Waals surface area contributed by atoms with E-state index in [0.29, 0.717) is 0 Å². The summed E-state index contributed by atoms with van der Waals surface area (Å²) in [5.41, 5.74) is 8.39. The summed E-state index contributed by atoms with van der Waals surface area (Å²) in [7, 11) is 0. The van der Waals surface area contributed by atoms with Gasteiger partial charge in [-0.3, -0.25) is 0 Å². The van der Waals surface area contributed by atoms with Crippen LogP contribution in [-0.2, 0) is 6.42 Å². The molecule has 100 valence electrons. The SMILES string of the molecule is Cc1ccc(Sc2ccc(F)cc2)c(CC(C)N)c1. The molecule has 1 nitrogen and oxygen atoms in total. The highest BCUT2D eigenvalue weighted by Gasteiger charge is 2.07. The molecule has 1 atom stereocenters. The maximum absolute atomic E-state index is 12.9. The van der Waals surface area contributed by atoms with E-state index < -0.39 is 0 Å². The molecule has 0 spiro atoms. The van der Waals surface area contributed by atoms with Crippen LogP contribution in [-0.4, -0.2) is 6.04 Å². The van der Waals surface area contributed by atoms with E-state index in [4.69, 9.17) is 5.73 Å². The van der Waals surface area contributed by atoms with Crippen molar-refractivity contribution < 1.29 is 4.39 Å². The number of hydrogen-bond donors (Lipinski definition) is 1. The van der Waals surface area contributed by atoms with Gasteiger partial charge in [-0.2, -0.15) is 0 Å². The molecule has 0 aliphatic rings. The Bertz CT molecular complexity index is 549. The van der Waals surface area contributed by atoms with Crippen molar-refractivity contribution in [1.82, 2.24) is 0 Å².